The van der Waals surface area contributed by atoms with E-state index in [4.69, 9.17) is 0 Å². The lowest BCUT2D eigenvalue weighted by atomic mass is 10.1. The summed E-state index contributed by atoms with van der Waals surface area (Å²) in [5.41, 5.74) is 6.49. The number of hydrogen-bond donors (Lipinski definition) is 1. The molecule has 1 N–H and O–H groups in total. The van der Waals surface area contributed by atoms with E-state index in [0.29, 0.717) is 0 Å². The molecule has 0 amide bonds. The maximum absolute atomic E-state index is 4.17. The number of para-hydroxylation sites is 1. The highest BCUT2D eigenvalue weighted by Crippen LogP contribution is 2.14. The van der Waals surface area contributed by atoms with Crippen LogP contribution < -0.4 is 5.43 Å². The monoisotopic (exact) mass is 176 g/mol. The molecule has 0 bridgehead atoms. The van der Waals surface area contributed by atoms with Crippen molar-refractivity contribution in [1.82, 2.24) is 0 Å². The van der Waals surface area contributed by atoms with Crippen LogP contribution in [0.3, 0.4) is 0 Å². The van der Waals surface area contributed by atoms with Crippen LogP contribution >= 0.6 is 0 Å². The number of benzene rings is 1. The Kier molecular flexibility index (Phi) is 3.50. The Bertz CT molecular complexity index is 299. The molecule has 0 radical (unpaired) electrons. The zero-order valence-electron chi connectivity index (χ0n) is 8.46. The molecule has 0 aliphatic heterocycles. The fraction of sp³-hybridized carbons (Fsp3) is 0.364. The normalized spacial score (nSPS) is 9.46. The van der Waals surface area contributed by atoms with E-state index in [1.165, 1.54) is 5.56 Å². The minimum atomic E-state index is 1.03. The second-order valence-corrected chi connectivity index (χ2v) is 3.18. The van der Waals surface area contributed by atoms with Crippen LogP contribution in [0.1, 0.15) is 26.3 Å². The van der Waals surface area contributed by atoms with Crippen molar-refractivity contribution in [2.24, 2.45) is 5.10 Å². The Balaban J connectivity index is 2.81. The van der Waals surface area contributed by atoms with E-state index in [9.17, 15) is 0 Å². The fourth-order valence-corrected chi connectivity index (χ4v) is 1.11. The Morgan fingerprint density at radius 2 is 2.00 bits per heavy atom. The third kappa shape index (κ3) is 2.90. The van der Waals surface area contributed by atoms with E-state index in [1.807, 2.05) is 32.0 Å². The van der Waals surface area contributed by atoms with Gasteiger partial charge in [-0.15, -0.1) is 0 Å². The highest BCUT2D eigenvalue weighted by Gasteiger charge is 1.96. The molecule has 1 rings (SSSR count). The molecule has 1 aromatic rings. The molecule has 13 heavy (non-hydrogen) atoms. The van der Waals surface area contributed by atoms with Crippen molar-refractivity contribution in [3.63, 3.8) is 0 Å². The van der Waals surface area contributed by atoms with Gasteiger partial charge in [-0.1, -0.05) is 25.1 Å². The first-order valence-corrected chi connectivity index (χ1v) is 4.59. The van der Waals surface area contributed by atoms with Gasteiger partial charge >= 0.3 is 0 Å². The van der Waals surface area contributed by atoms with Gasteiger partial charge in [-0.05, 0) is 31.9 Å². The Morgan fingerprint density at radius 3 is 2.62 bits per heavy atom. The van der Waals surface area contributed by atoms with E-state index >= 15 is 0 Å². The number of nitrogens with one attached hydrogen (secondary N) is 1. The molecule has 0 atom stereocenters. The van der Waals surface area contributed by atoms with Gasteiger partial charge in [0.05, 0.1) is 5.69 Å². The zero-order valence-corrected chi connectivity index (χ0v) is 8.46. The molecule has 0 aliphatic rings. The Hall–Kier alpha value is -1.31. The van der Waals surface area contributed by atoms with Crippen LogP contribution in [-0.2, 0) is 6.42 Å². The molecule has 0 fully saturated rings. The molecular formula is C11H16N2. The largest absolute Gasteiger partial charge is 0.278 e. The highest BCUT2D eigenvalue weighted by molar-refractivity contribution is 5.80. The summed E-state index contributed by atoms with van der Waals surface area (Å²) in [7, 11) is 0. The third-order valence-electron chi connectivity index (χ3n) is 1.80. The lowest BCUT2D eigenvalue weighted by Crippen LogP contribution is -1.96. The summed E-state index contributed by atoms with van der Waals surface area (Å²) in [4.78, 5) is 0. The van der Waals surface area contributed by atoms with Crippen molar-refractivity contribution >= 4 is 11.4 Å². The summed E-state index contributed by atoms with van der Waals surface area (Å²) in [6.45, 7) is 6.09. The van der Waals surface area contributed by atoms with Crippen molar-refractivity contribution in [3.05, 3.63) is 29.8 Å². The summed E-state index contributed by atoms with van der Waals surface area (Å²) in [6.07, 6.45) is 1.03. The van der Waals surface area contributed by atoms with Gasteiger partial charge in [-0.25, -0.2) is 0 Å². The SMILES string of the molecule is CCc1ccccc1NN=C(C)C. The minimum Gasteiger partial charge on any atom is -0.278 e. The molecule has 0 aromatic heterocycles. The zero-order chi connectivity index (χ0) is 9.68. The second-order valence-electron chi connectivity index (χ2n) is 3.18. The molecule has 0 saturated carbocycles. The van der Waals surface area contributed by atoms with Gasteiger partial charge in [0, 0.05) is 5.71 Å². The third-order valence-corrected chi connectivity index (χ3v) is 1.80. The maximum atomic E-state index is 4.17. The minimum absolute atomic E-state index is 1.03. The Morgan fingerprint density at radius 1 is 1.31 bits per heavy atom. The molecule has 70 valence electrons. The molecule has 0 aliphatic carbocycles. The van der Waals surface area contributed by atoms with E-state index in [0.717, 1.165) is 17.8 Å². The number of anilines is 1. The van der Waals surface area contributed by atoms with Crippen LogP contribution in [0.2, 0.25) is 0 Å². The first-order valence-electron chi connectivity index (χ1n) is 4.59. The van der Waals surface area contributed by atoms with Crippen molar-refractivity contribution in [2.75, 3.05) is 5.43 Å². The first kappa shape index (κ1) is 9.78. The van der Waals surface area contributed by atoms with Crippen LogP contribution in [0.15, 0.2) is 29.4 Å². The maximum Gasteiger partial charge on any atom is 0.0593 e. The highest BCUT2D eigenvalue weighted by atomic mass is 15.3. The smallest absolute Gasteiger partial charge is 0.0593 e. The molecule has 1 aromatic carbocycles. The molecule has 0 saturated heterocycles. The van der Waals surface area contributed by atoms with Gasteiger partial charge < -0.3 is 0 Å². The topological polar surface area (TPSA) is 24.4 Å². The predicted octanol–water partition coefficient (Wildman–Crippen LogP) is 3.06. The van der Waals surface area contributed by atoms with Gasteiger partial charge in [-0.2, -0.15) is 5.10 Å². The summed E-state index contributed by atoms with van der Waals surface area (Å²) >= 11 is 0. The number of nitrogens with zero attached hydrogens (tertiary/aromatic N) is 1. The lowest BCUT2D eigenvalue weighted by Gasteiger charge is -2.06. The Labute approximate surface area is 79.7 Å². The molecular weight excluding hydrogens is 160 g/mol. The van der Waals surface area contributed by atoms with E-state index < -0.39 is 0 Å². The second kappa shape index (κ2) is 4.65. The molecule has 2 heteroatoms. The van der Waals surface area contributed by atoms with Gasteiger partial charge in [0.15, 0.2) is 0 Å². The fourth-order valence-electron chi connectivity index (χ4n) is 1.11. The van der Waals surface area contributed by atoms with Gasteiger partial charge in [0.2, 0.25) is 0 Å². The lowest BCUT2D eigenvalue weighted by molar-refractivity contribution is 1.13. The quantitative estimate of drug-likeness (QED) is 0.555. The molecule has 0 unspecified atom stereocenters. The van der Waals surface area contributed by atoms with Crippen molar-refractivity contribution < 1.29 is 0 Å². The van der Waals surface area contributed by atoms with Crippen LogP contribution in [-0.4, -0.2) is 5.71 Å². The van der Waals surface area contributed by atoms with Gasteiger partial charge in [0.1, 0.15) is 0 Å². The predicted molar refractivity (Wildman–Crippen MR) is 58.2 cm³/mol. The van der Waals surface area contributed by atoms with Crippen LogP contribution in [0, 0.1) is 0 Å². The average molecular weight is 176 g/mol. The molecule has 0 spiro atoms. The standard InChI is InChI=1S/C11H16N2/c1-4-10-7-5-6-8-11(10)13-12-9(2)3/h5-8,13H,4H2,1-3H3. The van der Waals surface area contributed by atoms with Crippen molar-refractivity contribution in [3.8, 4) is 0 Å². The summed E-state index contributed by atoms with van der Waals surface area (Å²) in [5.74, 6) is 0. The van der Waals surface area contributed by atoms with Gasteiger partial charge in [0.25, 0.3) is 0 Å². The van der Waals surface area contributed by atoms with E-state index in [2.05, 4.69) is 23.5 Å². The van der Waals surface area contributed by atoms with Crippen molar-refractivity contribution in [2.45, 2.75) is 27.2 Å². The average Bonchev–Trinajstić information content (AvgIpc) is 2.15. The number of hydrazone groups is 1. The number of aryl methyl sites for hydroxylation is 1. The summed E-state index contributed by atoms with van der Waals surface area (Å²) in [5, 5.41) is 4.17. The van der Waals surface area contributed by atoms with E-state index in [-0.39, 0.29) is 0 Å². The van der Waals surface area contributed by atoms with E-state index in [1.54, 1.807) is 0 Å². The molecule has 0 heterocycles. The van der Waals surface area contributed by atoms with Gasteiger partial charge in [-0.3, -0.25) is 5.43 Å². The summed E-state index contributed by atoms with van der Waals surface area (Å²) in [6, 6.07) is 8.22. The van der Waals surface area contributed by atoms with Crippen LogP contribution in [0.5, 0.6) is 0 Å². The van der Waals surface area contributed by atoms with Crippen molar-refractivity contribution in [1.29, 1.82) is 0 Å². The number of rotatable bonds is 3. The number of hydrogen-bond acceptors (Lipinski definition) is 2. The van der Waals surface area contributed by atoms with Crippen LogP contribution in [0.25, 0.3) is 0 Å². The molecule has 2 nitrogen and oxygen atoms in total. The first-order chi connectivity index (χ1) is 6.24. The van der Waals surface area contributed by atoms with Crippen LogP contribution in [0.4, 0.5) is 5.69 Å². The summed E-state index contributed by atoms with van der Waals surface area (Å²) < 4.78 is 0.